The van der Waals surface area contributed by atoms with Gasteiger partial charge >= 0.3 is 11.9 Å². The van der Waals surface area contributed by atoms with E-state index in [2.05, 4.69) is 6.08 Å². The highest BCUT2D eigenvalue weighted by Gasteiger charge is 2.67. The van der Waals surface area contributed by atoms with Crippen LogP contribution in [-0.4, -0.2) is 41.9 Å². The molecule has 4 aliphatic rings. The van der Waals surface area contributed by atoms with Crippen molar-refractivity contribution in [3.05, 3.63) is 23.3 Å². The van der Waals surface area contributed by atoms with E-state index in [1.165, 1.54) is 19.9 Å². The van der Waals surface area contributed by atoms with Crippen molar-refractivity contribution in [2.24, 2.45) is 22.7 Å². The van der Waals surface area contributed by atoms with Gasteiger partial charge in [-0.2, -0.15) is 0 Å². The molecule has 0 unspecified atom stereocenters. The number of carbonyl (C=O) groups excluding carboxylic acids is 4. The summed E-state index contributed by atoms with van der Waals surface area (Å²) in [4.78, 5) is 48.7. The molecule has 2 fully saturated rings. The third kappa shape index (κ3) is 3.19. The van der Waals surface area contributed by atoms with E-state index >= 15 is 4.39 Å². The number of alkyl halides is 1. The lowest BCUT2D eigenvalue weighted by atomic mass is 9.50. The SMILES string of the molecule is CC(=O)OCC(=O)[C@@]1(OC(C)=O)CC[C@H]2[C@@H]3C[C@@H](F)C4=CC(=O)CC[C@]4(C)C3=CC[C@@]21C. The lowest BCUT2D eigenvalue weighted by Crippen LogP contribution is -2.58. The van der Waals surface area contributed by atoms with Gasteiger partial charge in [0.15, 0.2) is 18.0 Å². The smallest absolute Gasteiger partial charge is 0.303 e. The van der Waals surface area contributed by atoms with Crippen molar-refractivity contribution in [1.29, 1.82) is 0 Å². The molecule has 32 heavy (non-hydrogen) atoms. The van der Waals surface area contributed by atoms with E-state index in [9.17, 15) is 19.2 Å². The van der Waals surface area contributed by atoms with Crippen LogP contribution in [0.25, 0.3) is 0 Å². The molecule has 0 saturated heterocycles. The van der Waals surface area contributed by atoms with Crippen LogP contribution >= 0.6 is 0 Å². The first-order valence-electron chi connectivity index (χ1n) is 11.4. The van der Waals surface area contributed by atoms with E-state index in [0.717, 1.165) is 5.57 Å². The van der Waals surface area contributed by atoms with Gasteiger partial charge < -0.3 is 9.47 Å². The Bertz CT molecular complexity index is 950. The molecule has 0 aromatic heterocycles. The molecule has 4 aliphatic carbocycles. The summed E-state index contributed by atoms with van der Waals surface area (Å²) in [5.41, 5.74) is -0.904. The molecule has 6 nitrogen and oxygen atoms in total. The summed E-state index contributed by atoms with van der Waals surface area (Å²) in [7, 11) is 0. The minimum atomic E-state index is -1.41. The Hall–Kier alpha value is -2.31. The molecule has 0 aromatic carbocycles. The lowest BCUT2D eigenvalue weighted by molar-refractivity contribution is -0.184. The topological polar surface area (TPSA) is 86.7 Å². The molecule has 0 heterocycles. The highest BCUT2D eigenvalue weighted by atomic mass is 19.1. The number of rotatable bonds is 4. The maximum atomic E-state index is 15.4. The van der Waals surface area contributed by atoms with Crippen LogP contribution in [0, 0.1) is 22.7 Å². The fraction of sp³-hybridized carbons (Fsp3) is 0.680. The van der Waals surface area contributed by atoms with Gasteiger partial charge in [0.1, 0.15) is 6.17 Å². The molecule has 6 atom stereocenters. The number of ether oxygens (including phenoxy) is 2. The summed E-state index contributed by atoms with van der Waals surface area (Å²) in [5, 5.41) is 0. The predicted molar refractivity (Wildman–Crippen MR) is 113 cm³/mol. The molecule has 0 radical (unpaired) electrons. The Morgan fingerprint density at radius 1 is 1.12 bits per heavy atom. The summed E-state index contributed by atoms with van der Waals surface area (Å²) in [6, 6.07) is 0. The minimum Gasteiger partial charge on any atom is -0.458 e. The molecule has 0 aromatic rings. The first-order chi connectivity index (χ1) is 14.9. The van der Waals surface area contributed by atoms with E-state index < -0.39 is 46.9 Å². The molecule has 174 valence electrons. The summed E-state index contributed by atoms with van der Waals surface area (Å²) in [6.45, 7) is 6.02. The van der Waals surface area contributed by atoms with Crippen molar-refractivity contribution in [2.45, 2.75) is 78.0 Å². The van der Waals surface area contributed by atoms with Gasteiger partial charge in [-0.15, -0.1) is 0 Å². The van der Waals surface area contributed by atoms with Crippen LogP contribution < -0.4 is 0 Å². The quantitative estimate of drug-likeness (QED) is 0.482. The molecule has 7 heteroatoms. The zero-order valence-corrected chi connectivity index (χ0v) is 19.2. The van der Waals surface area contributed by atoms with Crippen molar-refractivity contribution >= 4 is 23.5 Å². The van der Waals surface area contributed by atoms with Gasteiger partial charge in [-0.1, -0.05) is 25.5 Å². The van der Waals surface area contributed by atoms with E-state index in [1.54, 1.807) is 0 Å². The summed E-state index contributed by atoms with van der Waals surface area (Å²) >= 11 is 0. The van der Waals surface area contributed by atoms with Gasteiger partial charge in [-0.05, 0) is 55.6 Å². The Balaban J connectivity index is 1.76. The maximum absolute atomic E-state index is 15.4. The average molecular weight is 447 g/mol. The normalized spacial score (nSPS) is 40.3. The second kappa shape index (κ2) is 7.63. The molecule has 0 spiro atoms. The van der Waals surface area contributed by atoms with Gasteiger partial charge in [0.05, 0.1) is 0 Å². The van der Waals surface area contributed by atoms with Crippen LogP contribution in [0.1, 0.15) is 66.2 Å². The maximum Gasteiger partial charge on any atom is 0.303 e. The summed E-state index contributed by atoms with van der Waals surface area (Å²) in [5.74, 6) is -1.74. The number of hydrogen-bond donors (Lipinski definition) is 0. The number of esters is 2. The number of allylic oxidation sites excluding steroid dienone is 4. The van der Waals surface area contributed by atoms with Crippen LogP contribution in [0.3, 0.4) is 0 Å². The number of halogens is 1. The number of hydrogen-bond acceptors (Lipinski definition) is 6. The molecule has 4 rings (SSSR count). The number of Topliss-reactive ketones (excluding diaryl/α,β-unsaturated/α-hetero) is 1. The van der Waals surface area contributed by atoms with Crippen LogP contribution in [0.5, 0.6) is 0 Å². The van der Waals surface area contributed by atoms with Gasteiger partial charge in [-0.25, -0.2) is 4.39 Å². The van der Waals surface area contributed by atoms with Crippen molar-refractivity contribution in [3.8, 4) is 0 Å². The summed E-state index contributed by atoms with van der Waals surface area (Å²) < 4.78 is 26.1. The minimum absolute atomic E-state index is 0.0226. The van der Waals surface area contributed by atoms with Gasteiger partial charge in [0, 0.05) is 31.1 Å². The van der Waals surface area contributed by atoms with Crippen molar-refractivity contribution in [3.63, 3.8) is 0 Å². The van der Waals surface area contributed by atoms with Crippen LogP contribution in [0.15, 0.2) is 23.3 Å². The Labute approximate surface area is 187 Å². The van der Waals surface area contributed by atoms with E-state index in [1.807, 2.05) is 13.8 Å². The Morgan fingerprint density at radius 3 is 2.50 bits per heavy atom. The monoisotopic (exact) mass is 446 g/mol. The van der Waals surface area contributed by atoms with Crippen molar-refractivity contribution in [2.75, 3.05) is 6.61 Å². The highest BCUT2D eigenvalue weighted by Crippen LogP contribution is 2.66. The Morgan fingerprint density at radius 2 is 1.84 bits per heavy atom. The molecule has 2 saturated carbocycles. The van der Waals surface area contributed by atoms with Gasteiger partial charge in [0.2, 0.25) is 5.78 Å². The number of carbonyl (C=O) groups is 4. The Kier molecular flexibility index (Phi) is 5.45. The molecular weight excluding hydrogens is 415 g/mol. The molecular formula is C25H31FO6. The van der Waals surface area contributed by atoms with Crippen molar-refractivity contribution < 1.29 is 33.0 Å². The third-order valence-corrected chi connectivity index (χ3v) is 8.61. The predicted octanol–water partition coefficient (Wildman–Crippen LogP) is 3.82. The standard InChI is InChI=1S/C25H31FO6/c1-14(27)31-13-22(30)25(32-15(2)28)10-7-19-17-12-21(26)20-11-16(29)5-8-23(20,3)18(17)6-9-24(19,25)4/h6,11,17,19,21H,5,7-10,12-13H2,1-4H3/t17-,19+,21-,23-,24+,25+/m1/s1. The molecule has 0 N–H and O–H groups in total. The number of fused-ring (bicyclic) bond motifs is 5. The fourth-order valence-corrected chi connectivity index (χ4v) is 7.07. The first-order valence-corrected chi connectivity index (χ1v) is 11.4. The third-order valence-electron chi connectivity index (χ3n) is 8.61. The van der Waals surface area contributed by atoms with Crippen molar-refractivity contribution in [1.82, 2.24) is 0 Å². The second-order valence-electron chi connectivity index (χ2n) is 10.3. The van der Waals surface area contributed by atoms with E-state index in [4.69, 9.17) is 9.47 Å². The molecule has 0 bridgehead atoms. The van der Waals surface area contributed by atoms with Crippen LogP contribution in [0.4, 0.5) is 4.39 Å². The van der Waals surface area contributed by atoms with E-state index in [-0.39, 0.29) is 24.0 Å². The second-order valence-corrected chi connectivity index (χ2v) is 10.3. The lowest BCUT2D eigenvalue weighted by Gasteiger charge is -2.55. The van der Waals surface area contributed by atoms with E-state index in [0.29, 0.717) is 37.7 Å². The van der Waals surface area contributed by atoms with Crippen LogP contribution in [0.2, 0.25) is 0 Å². The molecule has 0 aliphatic heterocycles. The largest absolute Gasteiger partial charge is 0.458 e. The zero-order valence-electron chi connectivity index (χ0n) is 19.2. The zero-order chi connectivity index (χ0) is 23.5. The number of ketones is 2. The first kappa shape index (κ1) is 22.9. The van der Waals surface area contributed by atoms with Crippen LogP contribution in [-0.2, 0) is 28.7 Å². The fourth-order valence-electron chi connectivity index (χ4n) is 7.07. The summed E-state index contributed by atoms with van der Waals surface area (Å²) in [6.07, 6.45) is 5.05. The molecule has 0 amide bonds. The highest BCUT2D eigenvalue weighted by molar-refractivity contribution is 5.93. The van der Waals surface area contributed by atoms with Gasteiger partial charge in [0.25, 0.3) is 0 Å². The average Bonchev–Trinajstić information content (AvgIpc) is 3.00. The van der Waals surface area contributed by atoms with Gasteiger partial charge in [-0.3, -0.25) is 19.2 Å².